The number of hydrogen-bond donors (Lipinski definition) is 0. The van der Waals surface area contributed by atoms with Crippen LogP contribution in [0.3, 0.4) is 0 Å². The predicted molar refractivity (Wildman–Crippen MR) is 214 cm³/mol. The van der Waals surface area contributed by atoms with Gasteiger partial charge >= 0.3 is 0 Å². The van der Waals surface area contributed by atoms with E-state index in [9.17, 15) is 0 Å². The zero-order valence-electron chi connectivity index (χ0n) is 28.0. The summed E-state index contributed by atoms with van der Waals surface area (Å²) in [5.74, 6) is 1.93. The Kier molecular flexibility index (Phi) is 6.18. The molecule has 11 rings (SSSR count). The number of aromatic nitrogens is 5. The van der Waals surface area contributed by atoms with Gasteiger partial charge in [-0.1, -0.05) is 133 Å². The Hall–Kier alpha value is -7.11. The van der Waals surface area contributed by atoms with E-state index in [0.717, 1.165) is 33.4 Å². The lowest BCUT2D eigenvalue weighted by molar-refractivity contribution is 1.07. The lowest BCUT2D eigenvalue weighted by Gasteiger charge is -2.13. The van der Waals surface area contributed by atoms with E-state index in [-0.39, 0.29) is 0 Å². The smallest absolute Gasteiger partial charge is 0.164 e. The van der Waals surface area contributed by atoms with Crippen molar-refractivity contribution in [2.75, 3.05) is 0 Å². The number of nitrogens with zero attached hydrogens (tertiary/aromatic N) is 5. The molecule has 52 heavy (non-hydrogen) atoms. The Labute approximate surface area is 298 Å². The van der Waals surface area contributed by atoms with Crippen molar-refractivity contribution in [3.63, 3.8) is 0 Å². The summed E-state index contributed by atoms with van der Waals surface area (Å²) >= 11 is 0. The minimum atomic E-state index is 0.633. The van der Waals surface area contributed by atoms with E-state index in [4.69, 9.17) is 15.0 Å². The van der Waals surface area contributed by atoms with Gasteiger partial charge in [-0.15, -0.1) is 0 Å². The van der Waals surface area contributed by atoms with Gasteiger partial charge in [0.05, 0.1) is 27.6 Å². The van der Waals surface area contributed by atoms with Gasteiger partial charge in [-0.3, -0.25) is 0 Å². The monoisotopic (exact) mass is 663 g/mol. The molecule has 0 aliphatic rings. The van der Waals surface area contributed by atoms with Crippen LogP contribution in [0.15, 0.2) is 176 Å². The highest BCUT2D eigenvalue weighted by Crippen LogP contribution is 2.43. The first-order valence-corrected chi connectivity index (χ1v) is 17.5. The van der Waals surface area contributed by atoms with Crippen molar-refractivity contribution in [1.82, 2.24) is 23.9 Å². The van der Waals surface area contributed by atoms with E-state index >= 15 is 0 Å². The second-order valence-corrected chi connectivity index (χ2v) is 13.3. The summed E-state index contributed by atoms with van der Waals surface area (Å²) in [5, 5.41) is 7.45. The molecule has 0 unspecified atom stereocenters. The van der Waals surface area contributed by atoms with Gasteiger partial charge in [-0.05, 0) is 47.9 Å². The van der Waals surface area contributed by atoms with E-state index in [1.54, 1.807) is 0 Å². The molecule has 0 atom stereocenters. The van der Waals surface area contributed by atoms with Crippen molar-refractivity contribution in [3.8, 4) is 39.9 Å². The SMILES string of the molecule is c1ccc(-c2nc(-c3ccccc3)nc(-c3cccc(-n4c5ccccc5c5c6c(ccc54)c4ccccc4n4c5ccccc5cc64)c3)n2)cc1. The molecule has 0 amide bonds. The van der Waals surface area contributed by atoms with Crippen LogP contribution < -0.4 is 0 Å². The quantitative estimate of drug-likeness (QED) is 0.176. The molecule has 11 aromatic rings. The molecule has 0 saturated carbocycles. The van der Waals surface area contributed by atoms with Gasteiger partial charge in [-0.2, -0.15) is 0 Å². The van der Waals surface area contributed by atoms with E-state index in [2.05, 4.69) is 124 Å². The number of rotatable bonds is 4. The maximum atomic E-state index is 5.04. The average molecular weight is 664 g/mol. The van der Waals surface area contributed by atoms with E-state index in [1.807, 2.05) is 60.7 Å². The van der Waals surface area contributed by atoms with Crippen molar-refractivity contribution in [2.45, 2.75) is 0 Å². The van der Waals surface area contributed by atoms with Gasteiger partial charge in [-0.25, -0.2) is 15.0 Å². The first kappa shape index (κ1) is 28.7. The van der Waals surface area contributed by atoms with Crippen molar-refractivity contribution in [3.05, 3.63) is 176 Å². The molecule has 0 radical (unpaired) electrons. The van der Waals surface area contributed by atoms with Crippen LogP contribution >= 0.6 is 0 Å². The molecule has 5 heteroatoms. The fourth-order valence-electron chi connectivity index (χ4n) is 8.05. The van der Waals surface area contributed by atoms with Crippen LogP contribution in [0.25, 0.3) is 99.8 Å². The second-order valence-electron chi connectivity index (χ2n) is 13.3. The van der Waals surface area contributed by atoms with Crippen LogP contribution in [-0.2, 0) is 0 Å². The van der Waals surface area contributed by atoms with Crippen LogP contribution in [0.1, 0.15) is 0 Å². The van der Waals surface area contributed by atoms with Crippen molar-refractivity contribution < 1.29 is 0 Å². The molecule has 4 heterocycles. The van der Waals surface area contributed by atoms with Gasteiger partial charge in [0, 0.05) is 49.3 Å². The van der Waals surface area contributed by atoms with E-state index < -0.39 is 0 Å². The maximum Gasteiger partial charge on any atom is 0.164 e. The van der Waals surface area contributed by atoms with Crippen molar-refractivity contribution >= 4 is 59.9 Å². The van der Waals surface area contributed by atoms with Crippen molar-refractivity contribution in [1.29, 1.82) is 0 Å². The molecule has 0 aliphatic carbocycles. The summed E-state index contributed by atoms with van der Waals surface area (Å²) in [7, 11) is 0. The molecule has 4 aromatic heterocycles. The normalized spacial score (nSPS) is 11.8. The Balaban J connectivity index is 1.19. The summed E-state index contributed by atoms with van der Waals surface area (Å²) in [6.45, 7) is 0. The Morgan fingerprint density at radius 2 is 0.885 bits per heavy atom. The van der Waals surface area contributed by atoms with Crippen LogP contribution in [-0.4, -0.2) is 23.9 Å². The minimum Gasteiger partial charge on any atom is -0.309 e. The summed E-state index contributed by atoms with van der Waals surface area (Å²) in [6, 6.07) is 62.0. The highest BCUT2D eigenvalue weighted by molar-refractivity contribution is 6.30. The first-order chi connectivity index (χ1) is 25.8. The predicted octanol–water partition coefficient (Wildman–Crippen LogP) is 11.7. The van der Waals surface area contributed by atoms with E-state index in [0.29, 0.717) is 17.5 Å². The molecular formula is C47H29N5. The van der Waals surface area contributed by atoms with Crippen LogP contribution in [0.5, 0.6) is 0 Å². The third-order valence-electron chi connectivity index (χ3n) is 10.3. The standard InChI is InChI=1S/C47H29N5/c1-3-14-30(15-4-1)45-48-46(31-16-5-2-6-17-31)50-47(49-45)33-19-13-20-34(28-33)51-40-25-12-9-22-37(40)44-41(51)27-26-36-35-21-8-11-24-39(35)52-38-23-10-7-18-32(38)29-42(52)43(36)44/h1-29H. The topological polar surface area (TPSA) is 48.0 Å². The molecule has 0 N–H and O–H groups in total. The molecule has 0 aliphatic heterocycles. The fraction of sp³-hybridized carbons (Fsp3) is 0. The average Bonchev–Trinajstić information content (AvgIpc) is 3.78. The van der Waals surface area contributed by atoms with E-state index in [1.165, 1.54) is 48.9 Å². The van der Waals surface area contributed by atoms with Gasteiger partial charge in [0.1, 0.15) is 0 Å². The highest BCUT2D eigenvalue weighted by atomic mass is 15.0. The molecule has 0 bridgehead atoms. The molecule has 0 saturated heterocycles. The molecule has 242 valence electrons. The largest absolute Gasteiger partial charge is 0.309 e. The highest BCUT2D eigenvalue weighted by Gasteiger charge is 2.20. The minimum absolute atomic E-state index is 0.633. The maximum absolute atomic E-state index is 5.04. The van der Waals surface area contributed by atoms with Crippen LogP contribution in [0.2, 0.25) is 0 Å². The summed E-state index contributed by atoms with van der Waals surface area (Å²) < 4.78 is 4.83. The van der Waals surface area contributed by atoms with Crippen molar-refractivity contribution in [2.24, 2.45) is 0 Å². The third kappa shape index (κ3) is 4.26. The second kappa shape index (κ2) is 11.2. The lowest BCUT2D eigenvalue weighted by atomic mass is 10.00. The van der Waals surface area contributed by atoms with Gasteiger partial charge in [0.25, 0.3) is 0 Å². The summed E-state index contributed by atoms with van der Waals surface area (Å²) in [5.41, 5.74) is 9.81. The Morgan fingerprint density at radius 1 is 0.327 bits per heavy atom. The number of benzene rings is 7. The number of hydrogen-bond acceptors (Lipinski definition) is 3. The summed E-state index contributed by atoms with van der Waals surface area (Å²) in [4.78, 5) is 15.0. The summed E-state index contributed by atoms with van der Waals surface area (Å²) in [6.07, 6.45) is 0. The zero-order valence-corrected chi connectivity index (χ0v) is 28.0. The van der Waals surface area contributed by atoms with Gasteiger partial charge in [0.15, 0.2) is 17.5 Å². The van der Waals surface area contributed by atoms with Crippen LogP contribution in [0, 0.1) is 0 Å². The lowest BCUT2D eigenvalue weighted by Crippen LogP contribution is -2.01. The molecular weight excluding hydrogens is 635 g/mol. The van der Waals surface area contributed by atoms with Gasteiger partial charge < -0.3 is 8.97 Å². The molecule has 0 spiro atoms. The Bertz CT molecular complexity index is 3120. The molecule has 7 aromatic carbocycles. The number of fused-ring (bicyclic) bond motifs is 12. The number of pyridine rings is 1. The Morgan fingerprint density at radius 3 is 1.62 bits per heavy atom. The first-order valence-electron chi connectivity index (χ1n) is 17.5. The van der Waals surface area contributed by atoms with Crippen LogP contribution in [0.4, 0.5) is 0 Å². The number of para-hydroxylation sites is 3. The molecule has 0 fully saturated rings. The fourth-order valence-corrected chi connectivity index (χ4v) is 8.05. The zero-order chi connectivity index (χ0) is 34.2. The van der Waals surface area contributed by atoms with Gasteiger partial charge in [0.2, 0.25) is 0 Å². The third-order valence-corrected chi connectivity index (χ3v) is 10.3. The molecule has 5 nitrogen and oxygen atoms in total.